The normalized spacial score (nSPS) is 12.0. The summed E-state index contributed by atoms with van der Waals surface area (Å²) < 4.78 is 0. The van der Waals surface area contributed by atoms with Crippen molar-refractivity contribution >= 4 is 0 Å². The number of benzene rings is 3. The Bertz CT molecular complexity index is 693. The Morgan fingerprint density at radius 3 is 1.50 bits per heavy atom. The van der Waals surface area contributed by atoms with Gasteiger partial charge >= 0.3 is 0 Å². The van der Waals surface area contributed by atoms with Crippen LogP contribution in [0.2, 0.25) is 0 Å². The van der Waals surface area contributed by atoms with Gasteiger partial charge in [-0.1, -0.05) is 97.1 Å². The minimum absolute atomic E-state index is 0.187. The van der Waals surface area contributed by atoms with Crippen molar-refractivity contribution in [3.8, 4) is 0 Å². The minimum Gasteiger partial charge on any atom is -0.284 e. The van der Waals surface area contributed by atoms with Gasteiger partial charge in [-0.15, -0.1) is 6.58 Å². The van der Waals surface area contributed by atoms with Gasteiger partial charge < -0.3 is 0 Å². The van der Waals surface area contributed by atoms with Crippen molar-refractivity contribution in [2.75, 3.05) is 0 Å². The van der Waals surface area contributed by atoms with Crippen LogP contribution >= 0.6 is 0 Å². The average molecular weight is 313 g/mol. The van der Waals surface area contributed by atoms with Gasteiger partial charge in [0.25, 0.3) is 0 Å². The van der Waals surface area contributed by atoms with Crippen LogP contribution in [0.25, 0.3) is 0 Å². The van der Waals surface area contributed by atoms with E-state index in [2.05, 4.69) is 102 Å². The van der Waals surface area contributed by atoms with Crippen molar-refractivity contribution in [3.63, 3.8) is 0 Å². The molecule has 0 aliphatic rings. The molecule has 0 spiro atoms. The third kappa shape index (κ3) is 4.21. The predicted octanol–water partition coefficient (Wildman–Crippen LogP) is 5.62. The summed E-state index contributed by atoms with van der Waals surface area (Å²) in [5.74, 6) is 0. The molecule has 0 saturated heterocycles. The molecule has 0 heterocycles. The predicted molar refractivity (Wildman–Crippen MR) is 102 cm³/mol. The maximum Gasteiger partial charge on any atom is 0.0535 e. The molecule has 3 aromatic rings. The molecule has 1 nitrogen and oxygen atoms in total. The lowest BCUT2D eigenvalue weighted by atomic mass is 10.0. The summed E-state index contributed by atoms with van der Waals surface area (Å²) in [6.07, 6.45) is 2.04. The van der Waals surface area contributed by atoms with E-state index in [0.29, 0.717) is 0 Å². The molecule has 0 aliphatic carbocycles. The molecular formula is C23H23N. The van der Waals surface area contributed by atoms with Crippen molar-refractivity contribution in [3.05, 3.63) is 120 Å². The van der Waals surface area contributed by atoms with E-state index in [4.69, 9.17) is 0 Å². The van der Waals surface area contributed by atoms with Gasteiger partial charge in [0.1, 0.15) is 0 Å². The number of nitrogens with zero attached hydrogens (tertiary/aromatic N) is 1. The summed E-state index contributed by atoms with van der Waals surface area (Å²) >= 11 is 0. The highest BCUT2D eigenvalue weighted by Crippen LogP contribution is 2.26. The largest absolute Gasteiger partial charge is 0.284 e. The molecular weight excluding hydrogens is 290 g/mol. The van der Waals surface area contributed by atoms with E-state index in [-0.39, 0.29) is 6.04 Å². The Labute approximate surface area is 144 Å². The van der Waals surface area contributed by atoms with Gasteiger partial charge in [-0.05, 0) is 16.7 Å². The molecule has 3 rings (SSSR count). The molecule has 0 radical (unpaired) electrons. The molecule has 0 aromatic heterocycles. The monoisotopic (exact) mass is 313 g/mol. The van der Waals surface area contributed by atoms with Gasteiger partial charge in [0.2, 0.25) is 0 Å². The second-order valence-electron chi connectivity index (χ2n) is 5.97. The van der Waals surface area contributed by atoms with E-state index in [1.165, 1.54) is 16.7 Å². The third-order valence-corrected chi connectivity index (χ3v) is 4.21. The van der Waals surface area contributed by atoms with Gasteiger partial charge in [0.15, 0.2) is 0 Å². The lowest BCUT2D eigenvalue weighted by Gasteiger charge is -2.30. The molecule has 0 fully saturated rings. The SMILES string of the molecule is C=CC(c1ccccc1)N(Cc1ccccc1)Cc1ccccc1. The molecule has 120 valence electrons. The molecule has 1 heteroatoms. The van der Waals surface area contributed by atoms with Gasteiger partial charge in [0.05, 0.1) is 6.04 Å². The van der Waals surface area contributed by atoms with E-state index in [0.717, 1.165) is 13.1 Å². The van der Waals surface area contributed by atoms with Gasteiger partial charge in [-0.25, -0.2) is 0 Å². The molecule has 24 heavy (non-hydrogen) atoms. The lowest BCUT2D eigenvalue weighted by molar-refractivity contribution is 0.213. The van der Waals surface area contributed by atoms with Crippen LogP contribution in [0.4, 0.5) is 0 Å². The van der Waals surface area contributed by atoms with E-state index in [1.807, 2.05) is 6.08 Å². The highest BCUT2D eigenvalue weighted by atomic mass is 15.1. The lowest BCUT2D eigenvalue weighted by Crippen LogP contribution is -2.27. The molecule has 0 aliphatic heterocycles. The van der Waals surface area contributed by atoms with Crippen LogP contribution in [0.15, 0.2) is 104 Å². The Morgan fingerprint density at radius 1 is 0.667 bits per heavy atom. The highest BCUT2D eigenvalue weighted by Gasteiger charge is 2.18. The summed E-state index contributed by atoms with van der Waals surface area (Å²) in [7, 11) is 0. The topological polar surface area (TPSA) is 3.24 Å². The van der Waals surface area contributed by atoms with Crippen LogP contribution in [-0.4, -0.2) is 4.90 Å². The van der Waals surface area contributed by atoms with Crippen LogP contribution in [0.3, 0.4) is 0 Å². The van der Waals surface area contributed by atoms with E-state index < -0.39 is 0 Å². The highest BCUT2D eigenvalue weighted by molar-refractivity contribution is 5.25. The smallest absolute Gasteiger partial charge is 0.0535 e. The molecule has 0 saturated carbocycles. The van der Waals surface area contributed by atoms with E-state index in [9.17, 15) is 0 Å². The molecule has 1 atom stereocenters. The fraction of sp³-hybridized carbons (Fsp3) is 0.130. The fourth-order valence-electron chi connectivity index (χ4n) is 3.03. The molecule has 0 bridgehead atoms. The maximum atomic E-state index is 4.10. The number of hydrogen-bond donors (Lipinski definition) is 0. The second kappa shape index (κ2) is 8.28. The molecule has 0 N–H and O–H groups in total. The third-order valence-electron chi connectivity index (χ3n) is 4.21. The van der Waals surface area contributed by atoms with Crippen LogP contribution in [0, 0.1) is 0 Å². The first-order valence-corrected chi connectivity index (χ1v) is 8.36. The zero-order chi connectivity index (χ0) is 16.6. The van der Waals surface area contributed by atoms with Crippen molar-refractivity contribution in [2.45, 2.75) is 19.1 Å². The molecule has 0 amide bonds. The second-order valence-corrected chi connectivity index (χ2v) is 5.97. The Morgan fingerprint density at radius 2 is 1.08 bits per heavy atom. The van der Waals surface area contributed by atoms with Gasteiger partial charge in [-0.2, -0.15) is 0 Å². The number of rotatable bonds is 7. The first-order valence-electron chi connectivity index (χ1n) is 8.36. The maximum absolute atomic E-state index is 4.10. The Balaban J connectivity index is 1.89. The standard InChI is InChI=1S/C23H23N/c1-2-23(22-16-10-5-11-17-22)24(18-20-12-6-3-7-13-20)19-21-14-8-4-9-15-21/h2-17,23H,1,18-19H2. The summed E-state index contributed by atoms with van der Waals surface area (Å²) in [5, 5.41) is 0. The van der Waals surface area contributed by atoms with Crippen molar-refractivity contribution in [2.24, 2.45) is 0 Å². The summed E-state index contributed by atoms with van der Waals surface area (Å²) in [6.45, 7) is 5.88. The van der Waals surface area contributed by atoms with E-state index in [1.54, 1.807) is 0 Å². The Kier molecular flexibility index (Phi) is 5.60. The van der Waals surface area contributed by atoms with Crippen molar-refractivity contribution in [1.29, 1.82) is 0 Å². The van der Waals surface area contributed by atoms with E-state index >= 15 is 0 Å². The summed E-state index contributed by atoms with van der Waals surface area (Å²) in [5.41, 5.74) is 3.91. The average Bonchev–Trinajstić information content (AvgIpc) is 2.65. The van der Waals surface area contributed by atoms with Crippen LogP contribution in [0.1, 0.15) is 22.7 Å². The molecule has 1 unspecified atom stereocenters. The molecule has 3 aromatic carbocycles. The summed E-state index contributed by atoms with van der Waals surface area (Å²) in [4.78, 5) is 2.47. The van der Waals surface area contributed by atoms with Crippen LogP contribution in [-0.2, 0) is 13.1 Å². The van der Waals surface area contributed by atoms with Crippen molar-refractivity contribution in [1.82, 2.24) is 4.90 Å². The number of hydrogen-bond acceptors (Lipinski definition) is 1. The van der Waals surface area contributed by atoms with Crippen molar-refractivity contribution < 1.29 is 0 Å². The summed E-state index contributed by atoms with van der Waals surface area (Å²) in [6, 6.07) is 32.0. The van der Waals surface area contributed by atoms with Gasteiger partial charge in [-0.3, -0.25) is 4.90 Å². The zero-order valence-corrected chi connectivity index (χ0v) is 13.9. The first-order chi connectivity index (χ1) is 11.9. The quantitative estimate of drug-likeness (QED) is 0.512. The first kappa shape index (κ1) is 16.2. The fourth-order valence-corrected chi connectivity index (χ4v) is 3.03. The van der Waals surface area contributed by atoms with Crippen LogP contribution < -0.4 is 0 Å². The minimum atomic E-state index is 0.187. The zero-order valence-electron chi connectivity index (χ0n) is 13.9. The Hall–Kier alpha value is -2.64. The van der Waals surface area contributed by atoms with Crippen LogP contribution in [0.5, 0.6) is 0 Å². The van der Waals surface area contributed by atoms with Gasteiger partial charge in [0, 0.05) is 13.1 Å².